The summed E-state index contributed by atoms with van der Waals surface area (Å²) in [5.41, 5.74) is 1.62. The molecule has 0 nitrogen and oxygen atoms in total. The van der Waals surface area contributed by atoms with Gasteiger partial charge in [-0.05, 0) is 48.1 Å². The highest BCUT2D eigenvalue weighted by atomic mass is 32.2. The van der Waals surface area contributed by atoms with E-state index >= 15 is 0 Å². The highest BCUT2D eigenvalue weighted by Gasteiger charge is 2.38. The van der Waals surface area contributed by atoms with Crippen LogP contribution in [0.1, 0.15) is 37.2 Å². The first-order chi connectivity index (χ1) is 7.93. The SMILES string of the molecule is c1ccc(C(C[S+]2CCCC2)C2CC2)cc1. The number of rotatable bonds is 4. The number of hydrogen-bond acceptors (Lipinski definition) is 0. The molecule has 0 radical (unpaired) electrons. The van der Waals surface area contributed by atoms with Crippen LogP contribution in [0.25, 0.3) is 0 Å². The van der Waals surface area contributed by atoms with Crippen molar-refractivity contribution in [3.63, 3.8) is 0 Å². The van der Waals surface area contributed by atoms with Gasteiger partial charge in [-0.1, -0.05) is 30.3 Å². The Morgan fingerprint density at radius 1 is 1.06 bits per heavy atom. The molecule has 0 N–H and O–H groups in total. The van der Waals surface area contributed by atoms with Gasteiger partial charge in [-0.3, -0.25) is 0 Å². The molecule has 1 heterocycles. The lowest BCUT2D eigenvalue weighted by Crippen LogP contribution is -2.18. The zero-order valence-corrected chi connectivity index (χ0v) is 10.7. The Balaban J connectivity index is 1.71. The van der Waals surface area contributed by atoms with E-state index in [1.165, 1.54) is 42.9 Å². The first-order valence-electron chi connectivity index (χ1n) is 6.62. The Morgan fingerprint density at radius 2 is 1.75 bits per heavy atom. The molecule has 3 rings (SSSR count). The monoisotopic (exact) mass is 233 g/mol. The van der Waals surface area contributed by atoms with Gasteiger partial charge in [0.2, 0.25) is 0 Å². The molecule has 2 fully saturated rings. The standard InChI is InChI=1S/C15H21S/c1-2-6-13(7-3-1)15(14-8-9-14)12-16-10-4-5-11-16/h1-3,6-7,14-15H,4-5,8-12H2/q+1. The predicted molar refractivity (Wildman–Crippen MR) is 73.1 cm³/mol. The lowest BCUT2D eigenvalue weighted by molar-refractivity contribution is 0.671. The van der Waals surface area contributed by atoms with E-state index in [1.807, 2.05) is 0 Å². The molecule has 86 valence electrons. The van der Waals surface area contributed by atoms with Crippen LogP contribution in [0.5, 0.6) is 0 Å². The van der Waals surface area contributed by atoms with Crippen molar-refractivity contribution >= 4 is 10.9 Å². The lowest BCUT2D eigenvalue weighted by atomic mass is 9.96. The quantitative estimate of drug-likeness (QED) is 0.697. The first kappa shape index (κ1) is 10.7. The molecule has 1 aliphatic heterocycles. The fourth-order valence-electron chi connectivity index (χ4n) is 2.84. The molecule has 1 unspecified atom stereocenters. The summed E-state index contributed by atoms with van der Waals surface area (Å²) < 4.78 is 0. The van der Waals surface area contributed by atoms with Crippen molar-refractivity contribution in [2.24, 2.45) is 5.92 Å². The molecule has 0 amide bonds. The van der Waals surface area contributed by atoms with Gasteiger partial charge in [0, 0.05) is 5.92 Å². The van der Waals surface area contributed by atoms with E-state index in [4.69, 9.17) is 0 Å². The van der Waals surface area contributed by atoms with Gasteiger partial charge in [0.15, 0.2) is 0 Å². The van der Waals surface area contributed by atoms with E-state index in [-0.39, 0.29) is 0 Å². The van der Waals surface area contributed by atoms with Gasteiger partial charge >= 0.3 is 0 Å². The number of hydrogen-bond donors (Lipinski definition) is 0. The van der Waals surface area contributed by atoms with Crippen molar-refractivity contribution in [1.29, 1.82) is 0 Å². The average molecular weight is 233 g/mol. The largest absolute Gasteiger partial charge is 0.115 e. The minimum atomic E-state index is 0.762. The summed E-state index contributed by atoms with van der Waals surface area (Å²) in [5, 5.41) is 0. The molecule has 1 aromatic rings. The predicted octanol–water partition coefficient (Wildman–Crippen LogP) is 3.59. The summed E-state index contributed by atoms with van der Waals surface area (Å²) >= 11 is 0. The van der Waals surface area contributed by atoms with Crippen LogP contribution in [0.3, 0.4) is 0 Å². The molecule has 0 spiro atoms. The normalized spacial score (nSPS) is 23.5. The minimum Gasteiger partial charge on any atom is -0.0622 e. The van der Waals surface area contributed by atoms with Gasteiger partial charge in [-0.25, -0.2) is 0 Å². The van der Waals surface area contributed by atoms with Crippen molar-refractivity contribution in [3.8, 4) is 0 Å². The zero-order valence-electron chi connectivity index (χ0n) is 9.90. The van der Waals surface area contributed by atoms with E-state index in [0.29, 0.717) is 0 Å². The summed E-state index contributed by atoms with van der Waals surface area (Å²) in [5.74, 6) is 6.46. The van der Waals surface area contributed by atoms with Crippen molar-refractivity contribution in [1.82, 2.24) is 0 Å². The van der Waals surface area contributed by atoms with Gasteiger partial charge < -0.3 is 0 Å². The summed E-state index contributed by atoms with van der Waals surface area (Å²) in [6, 6.07) is 11.3. The fraction of sp³-hybridized carbons (Fsp3) is 0.600. The Bertz CT molecular complexity index is 323. The Kier molecular flexibility index (Phi) is 3.23. The van der Waals surface area contributed by atoms with Gasteiger partial charge in [-0.15, -0.1) is 0 Å². The van der Waals surface area contributed by atoms with E-state index < -0.39 is 0 Å². The summed E-state index contributed by atoms with van der Waals surface area (Å²) in [6.45, 7) is 0. The van der Waals surface area contributed by atoms with E-state index in [0.717, 1.165) is 22.7 Å². The molecule has 2 aliphatic rings. The molecule has 0 bridgehead atoms. The number of benzene rings is 1. The molecule has 0 aromatic heterocycles. The summed E-state index contributed by atoms with van der Waals surface area (Å²) in [7, 11) is 0.762. The van der Waals surface area contributed by atoms with Gasteiger partial charge in [-0.2, -0.15) is 0 Å². The van der Waals surface area contributed by atoms with Crippen LogP contribution in [0.4, 0.5) is 0 Å². The molecular weight excluding hydrogens is 212 g/mol. The smallest absolute Gasteiger partial charge is 0.0622 e. The van der Waals surface area contributed by atoms with Crippen LogP contribution in [-0.2, 0) is 10.9 Å². The van der Waals surface area contributed by atoms with Crippen molar-refractivity contribution in [3.05, 3.63) is 35.9 Å². The second-order valence-electron chi connectivity index (χ2n) is 5.25. The summed E-state index contributed by atoms with van der Waals surface area (Å²) in [6.07, 6.45) is 5.96. The topological polar surface area (TPSA) is 0 Å². The molecular formula is C15H21S+. The van der Waals surface area contributed by atoms with E-state index in [1.54, 1.807) is 5.56 Å². The van der Waals surface area contributed by atoms with Gasteiger partial charge in [0.05, 0.1) is 0 Å². The van der Waals surface area contributed by atoms with Crippen LogP contribution in [0.15, 0.2) is 30.3 Å². The highest BCUT2D eigenvalue weighted by molar-refractivity contribution is 7.97. The second-order valence-corrected chi connectivity index (χ2v) is 7.62. The van der Waals surface area contributed by atoms with Crippen molar-refractivity contribution in [2.45, 2.75) is 31.6 Å². The van der Waals surface area contributed by atoms with E-state index in [9.17, 15) is 0 Å². The molecule has 1 heteroatoms. The summed E-state index contributed by atoms with van der Waals surface area (Å²) in [4.78, 5) is 0. The van der Waals surface area contributed by atoms with Crippen LogP contribution >= 0.6 is 0 Å². The molecule has 1 atom stereocenters. The molecule has 1 aliphatic carbocycles. The Hall–Kier alpha value is -0.430. The third kappa shape index (κ3) is 2.45. The Morgan fingerprint density at radius 3 is 2.38 bits per heavy atom. The maximum atomic E-state index is 2.35. The fourth-order valence-corrected chi connectivity index (χ4v) is 5.57. The highest BCUT2D eigenvalue weighted by Crippen LogP contribution is 2.44. The second kappa shape index (κ2) is 4.83. The minimum absolute atomic E-state index is 0.762. The molecule has 16 heavy (non-hydrogen) atoms. The van der Waals surface area contributed by atoms with Crippen LogP contribution in [0, 0.1) is 5.92 Å². The molecule has 1 saturated carbocycles. The van der Waals surface area contributed by atoms with E-state index in [2.05, 4.69) is 30.3 Å². The van der Waals surface area contributed by atoms with Gasteiger partial charge in [0.1, 0.15) is 17.3 Å². The molecule has 1 saturated heterocycles. The van der Waals surface area contributed by atoms with Gasteiger partial charge in [0.25, 0.3) is 0 Å². The molecule has 1 aromatic carbocycles. The van der Waals surface area contributed by atoms with Crippen LogP contribution < -0.4 is 0 Å². The average Bonchev–Trinajstić information content (AvgIpc) is 3.05. The third-order valence-corrected chi connectivity index (χ3v) is 6.51. The zero-order chi connectivity index (χ0) is 10.8. The first-order valence-corrected chi connectivity index (χ1v) is 8.36. The maximum absolute atomic E-state index is 2.35. The Labute approximate surface area is 102 Å². The van der Waals surface area contributed by atoms with Crippen molar-refractivity contribution < 1.29 is 0 Å². The maximum Gasteiger partial charge on any atom is 0.115 e. The van der Waals surface area contributed by atoms with Crippen LogP contribution in [0.2, 0.25) is 0 Å². The third-order valence-electron chi connectivity index (χ3n) is 3.95. The van der Waals surface area contributed by atoms with Crippen LogP contribution in [-0.4, -0.2) is 17.3 Å². The van der Waals surface area contributed by atoms with Crippen molar-refractivity contribution in [2.75, 3.05) is 17.3 Å². The lowest BCUT2D eigenvalue weighted by Gasteiger charge is -2.15.